The van der Waals surface area contributed by atoms with Crippen molar-refractivity contribution >= 4 is 5.91 Å². The smallest absolute Gasteiger partial charge is 0.226 e. The molecule has 0 aromatic carbocycles. The van der Waals surface area contributed by atoms with Gasteiger partial charge in [-0.25, -0.2) is 0 Å². The Morgan fingerprint density at radius 3 is 2.53 bits per heavy atom. The highest BCUT2D eigenvalue weighted by molar-refractivity contribution is 5.82. The minimum Gasteiger partial charge on any atom is -0.341 e. The molecule has 1 amide bonds. The second kappa shape index (κ2) is 3.71. The third-order valence-corrected chi connectivity index (χ3v) is 5.62. The standard InChI is InChI=1S/C14H22N2O/c17-14(13-10-3-1-2-4-11(10)13)16-7-9-5-6-15-12(9)8-16/h9-13,15H,1-8H2/t9-,10?,11?,12+,13?/m0/s1. The first-order chi connectivity index (χ1) is 8.34. The SMILES string of the molecule is O=C(C1C2CCCCC21)N1C[C@@H]2CCN[C@@H]2C1. The summed E-state index contributed by atoms with van der Waals surface area (Å²) in [4.78, 5) is 14.7. The summed E-state index contributed by atoms with van der Waals surface area (Å²) >= 11 is 0. The fourth-order valence-electron chi connectivity index (χ4n) is 4.60. The summed E-state index contributed by atoms with van der Waals surface area (Å²) in [6.45, 7) is 3.18. The molecule has 94 valence electrons. The molecule has 2 saturated heterocycles. The van der Waals surface area contributed by atoms with Crippen molar-refractivity contribution in [3.8, 4) is 0 Å². The van der Waals surface area contributed by atoms with Gasteiger partial charge in [0.2, 0.25) is 5.91 Å². The molecule has 2 aliphatic carbocycles. The van der Waals surface area contributed by atoms with Crippen molar-refractivity contribution in [1.82, 2.24) is 10.2 Å². The van der Waals surface area contributed by atoms with E-state index in [1.807, 2.05) is 0 Å². The molecule has 0 aromatic rings. The molecule has 2 aliphatic heterocycles. The summed E-state index contributed by atoms with van der Waals surface area (Å²) in [6.07, 6.45) is 6.63. The van der Waals surface area contributed by atoms with Gasteiger partial charge in [-0.05, 0) is 43.6 Å². The normalized spacial score (nSPS) is 47.8. The van der Waals surface area contributed by atoms with Crippen LogP contribution >= 0.6 is 0 Å². The molecular formula is C14H22N2O. The lowest BCUT2D eigenvalue weighted by molar-refractivity contribution is -0.132. The second-order valence-corrected chi connectivity index (χ2v) is 6.49. The van der Waals surface area contributed by atoms with Gasteiger partial charge < -0.3 is 10.2 Å². The molecule has 2 heterocycles. The zero-order valence-electron chi connectivity index (χ0n) is 10.4. The Kier molecular flexibility index (Phi) is 2.26. The number of likely N-dealkylation sites (tertiary alicyclic amines) is 1. The average Bonchev–Trinajstić information content (AvgIpc) is 2.66. The molecule has 0 aromatic heterocycles. The fraction of sp³-hybridized carbons (Fsp3) is 0.929. The van der Waals surface area contributed by atoms with Crippen molar-refractivity contribution in [2.45, 2.75) is 38.1 Å². The number of carbonyl (C=O) groups is 1. The van der Waals surface area contributed by atoms with Crippen LogP contribution in [0.4, 0.5) is 0 Å². The predicted octanol–water partition coefficient (Wildman–Crippen LogP) is 1.24. The maximum Gasteiger partial charge on any atom is 0.226 e. The molecule has 2 unspecified atom stereocenters. The van der Waals surface area contributed by atoms with Gasteiger partial charge in [-0.15, -0.1) is 0 Å². The largest absolute Gasteiger partial charge is 0.341 e. The van der Waals surface area contributed by atoms with Gasteiger partial charge in [-0.2, -0.15) is 0 Å². The Labute approximate surface area is 103 Å². The third kappa shape index (κ3) is 1.55. The van der Waals surface area contributed by atoms with Gasteiger partial charge in [-0.1, -0.05) is 12.8 Å². The molecule has 3 heteroatoms. The highest BCUT2D eigenvalue weighted by atomic mass is 16.2. The van der Waals surface area contributed by atoms with Crippen LogP contribution in [0.2, 0.25) is 0 Å². The summed E-state index contributed by atoms with van der Waals surface area (Å²) in [5, 5.41) is 3.53. The molecule has 4 fully saturated rings. The highest BCUT2D eigenvalue weighted by Gasteiger charge is 2.56. The van der Waals surface area contributed by atoms with E-state index in [9.17, 15) is 4.79 Å². The lowest BCUT2D eigenvalue weighted by Gasteiger charge is -2.17. The molecule has 4 rings (SSSR count). The molecule has 0 bridgehead atoms. The Hall–Kier alpha value is -0.570. The lowest BCUT2D eigenvalue weighted by Crippen LogP contribution is -2.35. The predicted molar refractivity (Wildman–Crippen MR) is 65.4 cm³/mol. The summed E-state index contributed by atoms with van der Waals surface area (Å²) in [5.74, 6) is 3.21. The fourth-order valence-corrected chi connectivity index (χ4v) is 4.60. The summed E-state index contributed by atoms with van der Waals surface area (Å²) in [7, 11) is 0. The molecule has 0 spiro atoms. The number of hydrogen-bond acceptors (Lipinski definition) is 2. The Balaban J connectivity index is 1.41. The summed E-state index contributed by atoms with van der Waals surface area (Å²) in [5.41, 5.74) is 0. The zero-order valence-corrected chi connectivity index (χ0v) is 10.4. The summed E-state index contributed by atoms with van der Waals surface area (Å²) < 4.78 is 0. The molecular weight excluding hydrogens is 212 g/mol. The van der Waals surface area contributed by atoms with Crippen molar-refractivity contribution in [3.05, 3.63) is 0 Å². The number of nitrogens with one attached hydrogen (secondary N) is 1. The highest BCUT2D eigenvalue weighted by Crippen LogP contribution is 2.56. The van der Waals surface area contributed by atoms with Crippen molar-refractivity contribution in [2.24, 2.45) is 23.7 Å². The van der Waals surface area contributed by atoms with E-state index in [1.165, 1.54) is 32.1 Å². The van der Waals surface area contributed by atoms with E-state index in [0.29, 0.717) is 17.9 Å². The molecule has 4 aliphatic rings. The summed E-state index contributed by atoms with van der Waals surface area (Å²) in [6, 6.07) is 0.611. The van der Waals surface area contributed by atoms with Gasteiger partial charge in [-0.3, -0.25) is 4.79 Å². The van der Waals surface area contributed by atoms with E-state index in [4.69, 9.17) is 0 Å². The van der Waals surface area contributed by atoms with E-state index >= 15 is 0 Å². The van der Waals surface area contributed by atoms with Gasteiger partial charge in [0.05, 0.1) is 0 Å². The molecule has 17 heavy (non-hydrogen) atoms. The monoisotopic (exact) mass is 234 g/mol. The van der Waals surface area contributed by atoms with Crippen LogP contribution in [0, 0.1) is 23.7 Å². The first-order valence-corrected chi connectivity index (χ1v) is 7.37. The Morgan fingerprint density at radius 1 is 1.06 bits per heavy atom. The quantitative estimate of drug-likeness (QED) is 0.740. The van der Waals surface area contributed by atoms with Crippen LogP contribution < -0.4 is 5.32 Å². The van der Waals surface area contributed by atoms with Crippen molar-refractivity contribution in [2.75, 3.05) is 19.6 Å². The topological polar surface area (TPSA) is 32.3 Å². The maximum absolute atomic E-state index is 12.5. The maximum atomic E-state index is 12.5. The van der Waals surface area contributed by atoms with Crippen LogP contribution in [0.5, 0.6) is 0 Å². The molecule has 2 saturated carbocycles. The zero-order chi connectivity index (χ0) is 11.4. The van der Waals surface area contributed by atoms with Gasteiger partial charge in [0, 0.05) is 25.0 Å². The van der Waals surface area contributed by atoms with Crippen LogP contribution in [0.25, 0.3) is 0 Å². The van der Waals surface area contributed by atoms with E-state index in [0.717, 1.165) is 37.4 Å². The minimum absolute atomic E-state index is 0.427. The van der Waals surface area contributed by atoms with Crippen molar-refractivity contribution < 1.29 is 4.79 Å². The van der Waals surface area contributed by atoms with Gasteiger partial charge in [0.15, 0.2) is 0 Å². The van der Waals surface area contributed by atoms with Gasteiger partial charge in [0.25, 0.3) is 0 Å². The minimum atomic E-state index is 0.427. The lowest BCUT2D eigenvalue weighted by atomic mass is 10.0. The van der Waals surface area contributed by atoms with Gasteiger partial charge in [0.1, 0.15) is 0 Å². The van der Waals surface area contributed by atoms with E-state index in [2.05, 4.69) is 10.2 Å². The Morgan fingerprint density at radius 2 is 1.82 bits per heavy atom. The van der Waals surface area contributed by atoms with Gasteiger partial charge >= 0.3 is 0 Å². The number of hydrogen-bond donors (Lipinski definition) is 1. The molecule has 3 nitrogen and oxygen atoms in total. The number of nitrogens with zero attached hydrogens (tertiary/aromatic N) is 1. The first-order valence-electron chi connectivity index (χ1n) is 7.37. The number of amides is 1. The average molecular weight is 234 g/mol. The van der Waals surface area contributed by atoms with E-state index in [1.54, 1.807) is 0 Å². The molecule has 4 atom stereocenters. The molecule has 0 radical (unpaired) electrons. The van der Waals surface area contributed by atoms with Crippen LogP contribution in [-0.2, 0) is 4.79 Å². The number of carbonyl (C=O) groups excluding carboxylic acids is 1. The number of rotatable bonds is 1. The van der Waals surface area contributed by atoms with Crippen LogP contribution in [0.3, 0.4) is 0 Å². The van der Waals surface area contributed by atoms with Crippen LogP contribution in [0.15, 0.2) is 0 Å². The first kappa shape index (κ1) is 10.4. The third-order valence-electron chi connectivity index (χ3n) is 5.62. The van der Waals surface area contributed by atoms with E-state index < -0.39 is 0 Å². The van der Waals surface area contributed by atoms with Crippen molar-refractivity contribution in [1.29, 1.82) is 0 Å². The van der Waals surface area contributed by atoms with Crippen molar-refractivity contribution in [3.63, 3.8) is 0 Å². The van der Waals surface area contributed by atoms with Crippen LogP contribution in [0.1, 0.15) is 32.1 Å². The second-order valence-electron chi connectivity index (χ2n) is 6.49. The number of fused-ring (bicyclic) bond motifs is 2. The van der Waals surface area contributed by atoms with Crippen LogP contribution in [-0.4, -0.2) is 36.5 Å². The molecule has 1 N–H and O–H groups in total. The van der Waals surface area contributed by atoms with E-state index in [-0.39, 0.29) is 0 Å². The Bertz CT molecular complexity index is 319.